The molecule has 1 heterocycles. The van der Waals surface area contributed by atoms with Crippen LogP contribution in [0.2, 0.25) is 0 Å². The molecule has 1 aromatic heterocycles. The van der Waals surface area contributed by atoms with Gasteiger partial charge in [0.25, 0.3) is 0 Å². The molecule has 0 atom stereocenters. The number of nitrogens with zero attached hydrogens (tertiary/aromatic N) is 2. The molecule has 0 unspecified atom stereocenters. The highest BCUT2D eigenvalue weighted by Gasteiger charge is 2.21. The van der Waals surface area contributed by atoms with Crippen molar-refractivity contribution in [2.75, 3.05) is 0 Å². The lowest BCUT2D eigenvalue weighted by atomic mass is 10.3. The molecule has 102 valence electrons. The second-order valence-electron chi connectivity index (χ2n) is 3.88. The SMILES string of the molecule is O=S(=O)(Oc1cccc(I)c1)c1cccc2nsnc12. The van der Waals surface area contributed by atoms with Crippen molar-refractivity contribution in [1.29, 1.82) is 0 Å². The monoisotopic (exact) mass is 418 g/mol. The molecule has 0 fully saturated rings. The summed E-state index contributed by atoms with van der Waals surface area (Å²) >= 11 is 3.06. The molecule has 0 amide bonds. The van der Waals surface area contributed by atoms with Crippen LogP contribution >= 0.6 is 34.3 Å². The molecule has 0 saturated carbocycles. The lowest BCUT2D eigenvalue weighted by Gasteiger charge is -2.07. The quantitative estimate of drug-likeness (QED) is 0.483. The number of fused-ring (bicyclic) bond motifs is 1. The highest BCUT2D eigenvalue weighted by Crippen LogP contribution is 2.25. The number of hydrogen-bond acceptors (Lipinski definition) is 6. The van der Waals surface area contributed by atoms with Crippen molar-refractivity contribution < 1.29 is 12.6 Å². The van der Waals surface area contributed by atoms with E-state index in [4.69, 9.17) is 4.18 Å². The van der Waals surface area contributed by atoms with Gasteiger partial charge in [-0.1, -0.05) is 12.1 Å². The zero-order valence-electron chi connectivity index (χ0n) is 9.86. The van der Waals surface area contributed by atoms with Gasteiger partial charge in [0.15, 0.2) is 0 Å². The van der Waals surface area contributed by atoms with Gasteiger partial charge in [-0.05, 0) is 52.9 Å². The Morgan fingerprint density at radius 1 is 1.10 bits per heavy atom. The Hall–Kier alpha value is -1.26. The number of aromatic nitrogens is 2. The zero-order valence-corrected chi connectivity index (χ0v) is 13.6. The third-order valence-corrected chi connectivity index (χ3v) is 5.01. The minimum absolute atomic E-state index is 0.0302. The molecule has 3 rings (SSSR count). The van der Waals surface area contributed by atoms with Crippen LogP contribution in [0.4, 0.5) is 0 Å². The summed E-state index contributed by atoms with van der Waals surface area (Å²) < 4.78 is 38.8. The van der Waals surface area contributed by atoms with Gasteiger partial charge in [0, 0.05) is 3.57 Å². The Morgan fingerprint density at radius 2 is 1.90 bits per heavy atom. The van der Waals surface area contributed by atoms with Gasteiger partial charge in [0.2, 0.25) is 0 Å². The van der Waals surface area contributed by atoms with E-state index in [0.29, 0.717) is 11.0 Å². The summed E-state index contributed by atoms with van der Waals surface area (Å²) in [5, 5.41) is 0. The number of halogens is 1. The van der Waals surface area contributed by atoms with Crippen molar-refractivity contribution in [1.82, 2.24) is 8.75 Å². The molecule has 0 bridgehead atoms. The van der Waals surface area contributed by atoms with Gasteiger partial charge in [0.05, 0.1) is 11.7 Å². The smallest absolute Gasteiger partial charge is 0.341 e. The summed E-state index contributed by atoms with van der Waals surface area (Å²) in [6.07, 6.45) is 0. The summed E-state index contributed by atoms with van der Waals surface area (Å²) in [7, 11) is -3.93. The zero-order chi connectivity index (χ0) is 14.2. The summed E-state index contributed by atoms with van der Waals surface area (Å²) in [5.41, 5.74) is 0.880. The van der Waals surface area contributed by atoms with Gasteiger partial charge >= 0.3 is 10.1 Å². The van der Waals surface area contributed by atoms with Crippen LogP contribution in [-0.4, -0.2) is 17.2 Å². The third kappa shape index (κ3) is 2.63. The summed E-state index contributed by atoms with van der Waals surface area (Å²) in [5.74, 6) is 0.275. The van der Waals surface area contributed by atoms with Crippen molar-refractivity contribution in [3.8, 4) is 5.75 Å². The van der Waals surface area contributed by atoms with Gasteiger partial charge in [-0.2, -0.15) is 17.2 Å². The van der Waals surface area contributed by atoms with Crippen molar-refractivity contribution in [3.63, 3.8) is 0 Å². The summed E-state index contributed by atoms with van der Waals surface area (Å²) in [6.45, 7) is 0. The van der Waals surface area contributed by atoms with Crippen molar-refractivity contribution >= 4 is 55.5 Å². The molecule has 0 radical (unpaired) electrons. The maximum Gasteiger partial charge on any atom is 0.341 e. The molecule has 0 saturated heterocycles. The van der Waals surface area contributed by atoms with Gasteiger partial charge in [-0.3, -0.25) is 0 Å². The Bertz CT molecular complexity index is 877. The van der Waals surface area contributed by atoms with E-state index in [0.717, 1.165) is 15.3 Å². The molecule has 0 aliphatic carbocycles. The molecule has 5 nitrogen and oxygen atoms in total. The first-order valence-corrected chi connectivity index (χ1v) is 8.69. The molecular weight excluding hydrogens is 411 g/mol. The van der Waals surface area contributed by atoms with E-state index in [-0.39, 0.29) is 10.6 Å². The van der Waals surface area contributed by atoms with E-state index in [1.165, 1.54) is 6.07 Å². The average molecular weight is 418 g/mol. The van der Waals surface area contributed by atoms with Crippen molar-refractivity contribution in [2.45, 2.75) is 4.90 Å². The molecular formula is C12H7IN2O3S2. The van der Waals surface area contributed by atoms with Crippen molar-refractivity contribution in [3.05, 3.63) is 46.0 Å². The Kier molecular flexibility index (Phi) is 3.61. The predicted molar refractivity (Wildman–Crippen MR) is 84.4 cm³/mol. The van der Waals surface area contributed by atoms with E-state index in [9.17, 15) is 8.42 Å². The standard InChI is InChI=1S/C12H7IN2O3S2/c13-8-3-1-4-9(7-8)18-20(16,17)11-6-2-5-10-12(11)15-19-14-10/h1-7H. The van der Waals surface area contributed by atoms with Gasteiger partial charge in [-0.25, -0.2) is 0 Å². The molecule has 20 heavy (non-hydrogen) atoms. The van der Waals surface area contributed by atoms with Crippen molar-refractivity contribution in [2.24, 2.45) is 0 Å². The molecule has 0 aliphatic heterocycles. The minimum atomic E-state index is -3.93. The van der Waals surface area contributed by atoms with E-state index in [1.54, 1.807) is 30.3 Å². The normalized spacial score (nSPS) is 11.7. The highest BCUT2D eigenvalue weighted by molar-refractivity contribution is 14.1. The lowest BCUT2D eigenvalue weighted by Crippen LogP contribution is -2.10. The molecule has 8 heteroatoms. The molecule has 3 aromatic rings. The summed E-state index contributed by atoms with van der Waals surface area (Å²) in [4.78, 5) is 0.0302. The fourth-order valence-corrected chi connectivity index (χ4v) is 3.87. The maximum atomic E-state index is 12.3. The van der Waals surface area contributed by atoms with Gasteiger partial charge < -0.3 is 4.18 Å². The Labute approximate surface area is 133 Å². The largest absolute Gasteiger partial charge is 0.379 e. The number of rotatable bonds is 3. The van der Waals surface area contributed by atoms with Crippen LogP contribution in [0, 0.1) is 3.57 Å². The summed E-state index contributed by atoms with van der Waals surface area (Å²) in [6, 6.07) is 11.6. The third-order valence-electron chi connectivity index (χ3n) is 2.52. The first-order valence-electron chi connectivity index (χ1n) is 5.47. The van der Waals surface area contributed by atoms with Crippen LogP contribution < -0.4 is 4.18 Å². The maximum absolute atomic E-state index is 12.3. The van der Waals surface area contributed by atoms with Gasteiger partial charge in [0.1, 0.15) is 21.7 Å². The van der Waals surface area contributed by atoms with Crippen LogP contribution in [0.1, 0.15) is 0 Å². The Balaban J connectivity index is 2.06. The second-order valence-corrected chi connectivity index (χ2v) is 7.17. The number of benzene rings is 2. The van der Waals surface area contributed by atoms with Crippen LogP contribution in [-0.2, 0) is 10.1 Å². The van der Waals surface area contributed by atoms with E-state index >= 15 is 0 Å². The van der Waals surface area contributed by atoms with Crippen LogP contribution in [0.3, 0.4) is 0 Å². The fraction of sp³-hybridized carbons (Fsp3) is 0. The van der Waals surface area contributed by atoms with Gasteiger partial charge in [-0.15, -0.1) is 0 Å². The van der Waals surface area contributed by atoms with Crippen LogP contribution in [0.25, 0.3) is 11.0 Å². The molecule has 0 aliphatic rings. The Morgan fingerprint density at radius 3 is 2.70 bits per heavy atom. The topological polar surface area (TPSA) is 69.2 Å². The fourth-order valence-electron chi connectivity index (χ4n) is 1.67. The number of hydrogen-bond donors (Lipinski definition) is 0. The predicted octanol–water partition coefficient (Wildman–Crippen LogP) is 3.06. The van der Waals surface area contributed by atoms with Crippen LogP contribution in [0.15, 0.2) is 47.4 Å². The van der Waals surface area contributed by atoms with Crippen LogP contribution in [0.5, 0.6) is 5.75 Å². The van der Waals surface area contributed by atoms with E-state index in [2.05, 4.69) is 31.3 Å². The highest BCUT2D eigenvalue weighted by atomic mass is 127. The average Bonchev–Trinajstić information content (AvgIpc) is 2.85. The molecule has 2 aromatic carbocycles. The molecule has 0 N–H and O–H groups in total. The molecule has 0 spiro atoms. The second kappa shape index (κ2) is 5.26. The van der Waals surface area contributed by atoms with E-state index < -0.39 is 10.1 Å². The first-order chi connectivity index (χ1) is 9.56. The first kappa shape index (κ1) is 13.7. The lowest BCUT2D eigenvalue weighted by molar-refractivity contribution is 0.486. The minimum Gasteiger partial charge on any atom is -0.379 e. The van der Waals surface area contributed by atoms with E-state index in [1.807, 2.05) is 6.07 Å².